The summed E-state index contributed by atoms with van der Waals surface area (Å²) in [6, 6.07) is 0. The number of rotatable bonds is 1. The van der Waals surface area contributed by atoms with Crippen molar-refractivity contribution in [1.29, 1.82) is 0 Å². The SMILES string of the molecule is C=C1C[C@@H]2[C@@H]3CCC4=CC(=O)C=C[C@]4(C)C3=CC[C@@]2(C)[C@@]1(O)C(C)=O. The molecule has 0 amide bonds. The van der Waals surface area contributed by atoms with E-state index >= 15 is 0 Å². The van der Waals surface area contributed by atoms with Crippen molar-refractivity contribution in [3.63, 3.8) is 0 Å². The summed E-state index contributed by atoms with van der Waals surface area (Å²) in [4.78, 5) is 24.1. The molecule has 4 rings (SSSR count). The molecule has 0 radical (unpaired) electrons. The van der Waals surface area contributed by atoms with Crippen LogP contribution in [0, 0.1) is 22.7 Å². The monoisotopic (exact) mass is 338 g/mol. The molecule has 5 atom stereocenters. The van der Waals surface area contributed by atoms with Gasteiger partial charge in [0.1, 0.15) is 5.60 Å². The standard InChI is InChI=1S/C22H26O3/c1-13-11-19-17-6-5-15-12-16(24)7-9-20(15,3)18(17)8-10-21(19,4)22(13,25)14(2)23/h7-9,12,17,19,25H,1,5-6,10-11H2,2-4H3/t17-,19-,20+,21-,22+/m1/s1. The Morgan fingerprint density at radius 2 is 2.08 bits per heavy atom. The van der Waals surface area contributed by atoms with E-state index in [9.17, 15) is 14.7 Å². The van der Waals surface area contributed by atoms with Crippen LogP contribution in [0.5, 0.6) is 0 Å². The molecule has 0 aromatic carbocycles. The summed E-state index contributed by atoms with van der Waals surface area (Å²) >= 11 is 0. The summed E-state index contributed by atoms with van der Waals surface area (Å²) in [7, 11) is 0. The van der Waals surface area contributed by atoms with Gasteiger partial charge in [0.05, 0.1) is 0 Å². The van der Waals surface area contributed by atoms with Gasteiger partial charge < -0.3 is 5.11 Å². The smallest absolute Gasteiger partial charge is 0.178 e. The highest BCUT2D eigenvalue weighted by atomic mass is 16.3. The number of hydrogen-bond acceptors (Lipinski definition) is 3. The van der Waals surface area contributed by atoms with Crippen LogP contribution in [0.25, 0.3) is 0 Å². The first-order valence-electron chi connectivity index (χ1n) is 9.21. The second kappa shape index (κ2) is 4.91. The zero-order valence-corrected chi connectivity index (χ0v) is 15.3. The Kier molecular flexibility index (Phi) is 3.28. The molecular formula is C22H26O3. The molecule has 0 saturated heterocycles. The van der Waals surface area contributed by atoms with Crippen LogP contribution in [0.1, 0.15) is 46.5 Å². The zero-order chi connectivity index (χ0) is 18.2. The minimum atomic E-state index is -1.42. The molecule has 3 nitrogen and oxygen atoms in total. The summed E-state index contributed by atoms with van der Waals surface area (Å²) in [6.45, 7) is 9.81. The van der Waals surface area contributed by atoms with E-state index in [-0.39, 0.29) is 22.9 Å². The van der Waals surface area contributed by atoms with Gasteiger partial charge in [0.25, 0.3) is 0 Å². The van der Waals surface area contributed by atoms with Crippen LogP contribution in [0.3, 0.4) is 0 Å². The van der Waals surface area contributed by atoms with Crippen molar-refractivity contribution in [3.8, 4) is 0 Å². The number of Topliss-reactive ketones (excluding diaryl/α,β-unsaturated/α-hetero) is 1. The lowest BCUT2D eigenvalue weighted by Crippen LogP contribution is -2.54. The molecule has 0 aromatic rings. The van der Waals surface area contributed by atoms with Crippen molar-refractivity contribution in [2.75, 3.05) is 0 Å². The molecule has 0 aromatic heterocycles. The Balaban J connectivity index is 1.82. The van der Waals surface area contributed by atoms with Gasteiger partial charge in [0, 0.05) is 10.8 Å². The van der Waals surface area contributed by atoms with Crippen LogP contribution in [0.4, 0.5) is 0 Å². The van der Waals surface area contributed by atoms with E-state index in [0.29, 0.717) is 24.3 Å². The fourth-order valence-corrected chi connectivity index (χ4v) is 6.14. The van der Waals surface area contributed by atoms with Crippen molar-refractivity contribution < 1.29 is 14.7 Å². The van der Waals surface area contributed by atoms with Gasteiger partial charge in [0.15, 0.2) is 11.6 Å². The summed E-state index contributed by atoms with van der Waals surface area (Å²) in [5.74, 6) is 0.430. The van der Waals surface area contributed by atoms with Gasteiger partial charge in [-0.3, -0.25) is 9.59 Å². The van der Waals surface area contributed by atoms with Gasteiger partial charge in [-0.25, -0.2) is 0 Å². The van der Waals surface area contributed by atoms with Gasteiger partial charge in [-0.2, -0.15) is 0 Å². The number of aliphatic hydroxyl groups is 1. The maximum atomic E-state index is 12.3. The normalized spacial score (nSPS) is 45.3. The Bertz CT molecular complexity index is 798. The Labute approximate surface area is 149 Å². The van der Waals surface area contributed by atoms with Crippen LogP contribution in [-0.2, 0) is 9.59 Å². The molecule has 0 spiro atoms. The number of carbonyl (C=O) groups excluding carboxylic acids is 2. The molecule has 132 valence electrons. The van der Waals surface area contributed by atoms with Crippen molar-refractivity contribution in [1.82, 2.24) is 0 Å². The van der Waals surface area contributed by atoms with Gasteiger partial charge in [-0.05, 0) is 69.1 Å². The molecule has 2 fully saturated rings. The third kappa shape index (κ3) is 1.85. The summed E-state index contributed by atoms with van der Waals surface area (Å²) in [6.07, 6.45) is 11.0. The van der Waals surface area contributed by atoms with E-state index in [1.165, 1.54) is 18.1 Å². The molecule has 1 N–H and O–H groups in total. The highest BCUT2D eigenvalue weighted by Gasteiger charge is 2.65. The molecule has 3 heteroatoms. The van der Waals surface area contributed by atoms with E-state index in [0.717, 1.165) is 12.8 Å². The second-order valence-electron chi connectivity index (χ2n) is 8.71. The number of allylic oxidation sites excluding steroid dienone is 6. The van der Waals surface area contributed by atoms with E-state index < -0.39 is 11.0 Å². The van der Waals surface area contributed by atoms with Gasteiger partial charge in [-0.1, -0.05) is 36.8 Å². The lowest BCUT2D eigenvalue weighted by atomic mass is 9.51. The fourth-order valence-electron chi connectivity index (χ4n) is 6.14. The summed E-state index contributed by atoms with van der Waals surface area (Å²) < 4.78 is 0. The molecule has 0 aliphatic heterocycles. The zero-order valence-electron chi connectivity index (χ0n) is 15.3. The van der Waals surface area contributed by atoms with E-state index in [2.05, 4.69) is 26.5 Å². The fraction of sp³-hybridized carbons (Fsp3) is 0.545. The Morgan fingerprint density at radius 3 is 2.76 bits per heavy atom. The van der Waals surface area contributed by atoms with Crippen LogP contribution < -0.4 is 0 Å². The molecular weight excluding hydrogens is 312 g/mol. The minimum absolute atomic E-state index is 0.0763. The second-order valence-corrected chi connectivity index (χ2v) is 8.71. The highest BCUT2D eigenvalue weighted by molar-refractivity contribution is 6.01. The summed E-state index contributed by atoms with van der Waals surface area (Å²) in [5.41, 5.74) is 1.12. The molecule has 0 bridgehead atoms. The van der Waals surface area contributed by atoms with E-state index in [1.54, 1.807) is 12.2 Å². The van der Waals surface area contributed by atoms with Crippen LogP contribution in [0.2, 0.25) is 0 Å². The highest BCUT2D eigenvalue weighted by Crippen LogP contribution is 2.66. The maximum absolute atomic E-state index is 12.3. The predicted molar refractivity (Wildman–Crippen MR) is 96.7 cm³/mol. The lowest BCUT2D eigenvalue weighted by Gasteiger charge is -2.53. The number of carbonyl (C=O) groups is 2. The van der Waals surface area contributed by atoms with Crippen LogP contribution in [0.15, 0.2) is 47.6 Å². The van der Waals surface area contributed by atoms with E-state index in [1.807, 2.05) is 6.08 Å². The summed E-state index contributed by atoms with van der Waals surface area (Å²) in [5, 5.41) is 11.3. The first-order chi connectivity index (χ1) is 11.6. The van der Waals surface area contributed by atoms with Crippen molar-refractivity contribution in [2.45, 2.75) is 52.1 Å². The molecule has 2 saturated carbocycles. The van der Waals surface area contributed by atoms with Gasteiger partial charge in [-0.15, -0.1) is 0 Å². The maximum Gasteiger partial charge on any atom is 0.178 e. The number of hydrogen-bond donors (Lipinski definition) is 1. The first-order valence-corrected chi connectivity index (χ1v) is 9.21. The van der Waals surface area contributed by atoms with Crippen molar-refractivity contribution >= 4 is 11.6 Å². The van der Waals surface area contributed by atoms with Gasteiger partial charge in [0.2, 0.25) is 0 Å². The van der Waals surface area contributed by atoms with E-state index in [4.69, 9.17) is 0 Å². The third-order valence-electron chi connectivity index (χ3n) is 7.65. The quantitative estimate of drug-likeness (QED) is 0.742. The Hall–Kier alpha value is -1.74. The average Bonchev–Trinajstić information content (AvgIpc) is 2.77. The van der Waals surface area contributed by atoms with Crippen molar-refractivity contribution in [3.05, 3.63) is 47.6 Å². The first kappa shape index (κ1) is 16.7. The third-order valence-corrected chi connectivity index (χ3v) is 7.65. The molecule has 0 unspecified atom stereocenters. The average molecular weight is 338 g/mol. The molecule has 4 aliphatic carbocycles. The number of ketones is 2. The van der Waals surface area contributed by atoms with Crippen LogP contribution in [-0.4, -0.2) is 22.3 Å². The molecule has 25 heavy (non-hydrogen) atoms. The number of fused-ring (bicyclic) bond motifs is 5. The molecule has 0 heterocycles. The lowest BCUT2D eigenvalue weighted by molar-refractivity contribution is -0.144. The topological polar surface area (TPSA) is 54.4 Å². The van der Waals surface area contributed by atoms with Crippen LogP contribution >= 0.6 is 0 Å². The van der Waals surface area contributed by atoms with Gasteiger partial charge >= 0.3 is 0 Å². The largest absolute Gasteiger partial charge is 0.377 e. The minimum Gasteiger partial charge on any atom is -0.377 e. The Morgan fingerprint density at radius 1 is 1.36 bits per heavy atom. The molecule has 4 aliphatic rings. The predicted octanol–water partition coefficient (Wildman–Crippen LogP) is 3.70. The van der Waals surface area contributed by atoms with Crippen molar-refractivity contribution in [2.24, 2.45) is 22.7 Å².